The molecule has 1 fully saturated rings. The fourth-order valence-electron chi connectivity index (χ4n) is 8.57. The van der Waals surface area contributed by atoms with Crippen LogP contribution in [0, 0.1) is 6.92 Å². The van der Waals surface area contributed by atoms with Crippen molar-refractivity contribution in [2.24, 2.45) is 11.5 Å². The second-order valence-electron chi connectivity index (χ2n) is 15.5. The molecule has 3 heteroatoms. The van der Waals surface area contributed by atoms with E-state index in [0.29, 0.717) is 5.92 Å². The van der Waals surface area contributed by atoms with Crippen LogP contribution < -0.4 is 11.5 Å². The number of H-pyrrole nitrogens is 1. The summed E-state index contributed by atoms with van der Waals surface area (Å²) >= 11 is 0. The first kappa shape index (κ1) is 39.9. The summed E-state index contributed by atoms with van der Waals surface area (Å²) in [6, 6.07) is 38.9. The number of rotatable bonds is 13. The number of nitrogens with one attached hydrogen (secondary N) is 1. The molecule has 0 atom stereocenters. The Bertz CT molecular complexity index is 2560. The highest BCUT2D eigenvalue weighted by Gasteiger charge is 2.23. The molecule has 5 aromatic carbocycles. The van der Waals surface area contributed by atoms with Crippen molar-refractivity contribution in [1.82, 2.24) is 4.98 Å². The Labute approximate surface area is 345 Å². The van der Waals surface area contributed by atoms with Gasteiger partial charge >= 0.3 is 0 Å². The zero-order valence-electron chi connectivity index (χ0n) is 34.3. The van der Waals surface area contributed by atoms with Gasteiger partial charge in [0.05, 0.1) is 0 Å². The van der Waals surface area contributed by atoms with Crippen LogP contribution in [-0.4, -0.2) is 4.98 Å². The van der Waals surface area contributed by atoms with Gasteiger partial charge < -0.3 is 16.5 Å². The van der Waals surface area contributed by atoms with Crippen LogP contribution >= 0.6 is 0 Å². The van der Waals surface area contributed by atoms with E-state index in [1.54, 1.807) is 6.20 Å². The van der Waals surface area contributed by atoms with E-state index in [1.165, 1.54) is 92.6 Å². The molecule has 292 valence electrons. The second-order valence-corrected chi connectivity index (χ2v) is 15.5. The van der Waals surface area contributed by atoms with Gasteiger partial charge in [0.15, 0.2) is 0 Å². The summed E-state index contributed by atoms with van der Waals surface area (Å²) in [4.78, 5) is 3.84. The molecule has 1 aromatic heterocycles. The van der Waals surface area contributed by atoms with Crippen molar-refractivity contribution in [3.8, 4) is 11.3 Å². The highest BCUT2D eigenvalue weighted by atomic mass is 14.7. The molecule has 0 saturated heterocycles. The number of aromatic nitrogens is 1. The molecule has 1 heterocycles. The average molecular weight is 760 g/mol. The van der Waals surface area contributed by atoms with Crippen LogP contribution in [0.4, 0.5) is 0 Å². The van der Waals surface area contributed by atoms with E-state index in [2.05, 4.69) is 153 Å². The third kappa shape index (κ3) is 9.11. The Balaban J connectivity index is 1.25. The van der Waals surface area contributed by atoms with E-state index < -0.39 is 0 Å². The maximum Gasteiger partial charge on any atom is 0.0471 e. The van der Waals surface area contributed by atoms with Gasteiger partial charge in [-0.1, -0.05) is 159 Å². The first-order chi connectivity index (χ1) is 28.5. The maximum absolute atomic E-state index is 6.56. The van der Waals surface area contributed by atoms with E-state index in [-0.39, 0.29) is 0 Å². The lowest BCUT2D eigenvalue weighted by atomic mass is 9.79. The monoisotopic (exact) mass is 759 g/mol. The van der Waals surface area contributed by atoms with Gasteiger partial charge in [0.25, 0.3) is 0 Å². The zero-order chi connectivity index (χ0) is 40.3. The minimum atomic E-state index is 0.585. The lowest BCUT2D eigenvalue weighted by molar-refractivity contribution is 0.442. The number of allylic oxidation sites excluding steroid dienone is 12. The lowest BCUT2D eigenvalue weighted by Crippen LogP contribution is -2.07. The van der Waals surface area contributed by atoms with Gasteiger partial charge in [-0.3, -0.25) is 0 Å². The zero-order valence-corrected chi connectivity index (χ0v) is 34.3. The maximum atomic E-state index is 6.56. The standard InChI is InChI=1S/C55H57N3/c1-4-41(42-23-12-8-13-24-42)30-21-22-39(2)52-34-35-53(58-52)55-47-32-20-19-31-46(47)54(50-37-48(40(3)36-49(50)55)43-25-14-9-15-26-43)45(38-56)29-11-6-5-7-18-33-51(57)44-27-16-10-17-28-44/h4,7-8,10-13,16-24,27-38,43,58H,5-6,9,14-15,25-26,56-57H2,1-3H3/b18-7-,29-11-,30-21-,39-22+,41-4-,45-38+,51-33-. The lowest BCUT2D eigenvalue weighted by Gasteiger charge is -2.26. The van der Waals surface area contributed by atoms with E-state index in [9.17, 15) is 0 Å². The summed E-state index contributed by atoms with van der Waals surface area (Å²) in [7, 11) is 0. The van der Waals surface area contributed by atoms with Crippen LogP contribution in [0.5, 0.6) is 0 Å². The van der Waals surface area contributed by atoms with Crippen LogP contribution in [0.2, 0.25) is 0 Å². The predicted molar refractivity (Wildman–Crippen MR) is 253 cm³/mol. The van der Waals surface area contributed by atoms with Crippen LogP contribution in [0.15, 0.2) is 170 Å². The minimum absolute atomic E-state index is 0.585. The van der Waals surface area contributed by atoms with Crippen molar-refractivity contribution in [3.63, 3.8) is 0 Å². The van der Waals surface area contributed by atoms with Gasteiger partial charge in [0.1, 0.15) is 0 Å². The quantitative estimate of drug-likeness (QED) is 0.0623. The van der Waals surface area contributed by atoms with Crippen LogP contribution in [-0.2, 0) is 0 Å². The second kappa shape index (κ2) is 19.2. The molecule has 0 bridgehead atoms. The van der Waals surface area contributed by atoms with E-state index >= 15 is 0 Å². The van der Waals surface area contributed by atoms with Crippen LogP contribution in [0.3, 0.4) is 0 Å². The van der Waals surface area contributed by atoms with Crippen molar-refractivity contribution >= 4 is 44.0 Å². The number of hydrogen-bond donors (Lipinski definition) is 3. The topological polar surface area (TPSA) is 67.8 Å². The number of hydrogen-bond acceptors (Lipinski definition) is 2. The van der Waals surface area contributed by atoms with Crippen molar-refractivity contribution in [3.05, 3.63) is 204 Å². The van der Waals surface area contributed by atoms with Gasteiger partial charge in [0, 0.05) is 28.8 Å². The Kier molecular flexibility index (Phi) is 13.2. The number of nitrogens with two attached hydrogens (primary N) is 2. The normalized spacial score (nSPS) is 15.2. The Morgan fingerprint density at radius 2 is 1.38 bits per heavy atom. The summed E-state index contributed by atoms with van der Waals surface area (Å²) < 4.78 is 0. The molecule has 0 spiro atoms. The molecule has 0 unspecified atom stereocenters. The number of aryl methyl sites for hydroxylation is 1. The molecule has 1 aliphatic rings. The van der Waals surface area contributed by atoms with Gasteiger partial charge in [-0.15, -0.1) is 0 Å². The van der Waals surface area contributed by atoms with E-state index in [0.717, 1.165) is 41.1 Å². The van der Waals surface area contributed by atoms with Crippen molar-refractivity contribution < 1.29 is 0 Å². The Hall–Kier alpha value is -6.32. The highest BCUT2D eigenvalue weighted by molar-refractivity contribution is 6.19. The molecule has 1 aliphatic carbocycles. The number of unbranched alkanes of at least 4 members (excludes halogenated alkanes) is 1. The van der Waals surface area contributed by atoms with Gasteiger partial charge in [-0.05, 0) is 143 Å². The van der Waals surface area contributed by atoms with Crippen molar-refractivity contribution in [1.29, 1.82) is 0 Å². The van der Waals surface area contributed by atoms with Crippen molar-refractivity contribution in [2.75, 3.05) is 0 Å². The Morgan fingerprint density at radius 1 is 0.690 bits per heavy atom. The van der Waals surface area contributed by atoms with Gasteiger partial charge in [0.2, 0.25) is 0 Å². The first-order valence-electron chi connectivity index (χ1n) is 21.0. The third-order valence-electron chi connectivity index (χ3n) is 11.7. The molecule has 7 rings (SSSR count). The summed E-state index contributed by atoms with van der Waals surface area (Å²) in [5.74, 6) is 0.585. The molecule has 5 N–H and O–H groups in total. The summed E-state index contributed by atoms with van der Waals surface area (Å²) in [5.41, 5.74) is 26.8. The molecule has 6 aromatic rings. The minimum Gasteiger partial charge on any atom is -0.404 e. The van der Waals surface area contributed by atoms with Gasteiger partial charge in [-0.2, -0.15) is 0 Å². The molecule has 0 radical (unpaired) electrons. The van der Waals surface area contributed by atoms with Crippen LogP contribution in [0.1, 0.15) is 98.2 Å². The molecule has 0 amide bonds. The fraction of sp³-hybridized carbons (Fsp3) is 0.200. The summed E-state index contributed by atoms with van der Waals surface area (Å²) in [5, 5.41) is 4.93. The molecular formula is C55H57N3. The van der Waals surface area contributed by atoms with E-state index in [1.807, 2.05) is 36.4 Å². The SMILES string of the molecule is C/C=C(/C=C\C=C(/C)c1ccc(-c2c3ccccc3c(C(/C=C\CC/C=C\C=C(/N)c3ccccc3)=C/N)c3cc(C4CCCCC4)c(C)cc23)[nH]1)c1ccccc1. The highest BCUT2D eigenvalue weighted by Crippen LogP contribution is 2.45. The predicted octanol–water partition coefficient (Wildman–Crippen LogP) is 14.6. The van der Waals surface area contributed by atoms with Crippen molar-refractivity contribution in [2.45, 2.75) is 71.6 Å². The number of aromatic amines is 1. The third-order valence-corrected chi connectivity index (χ3v) is 11.7. The molecule has 3 nitrogen and oxygen atoms in total. The van der Waals surface area contributed by atoms with Crippen LogP contribution in [0.25, 0.3) is 55.2 Å². The summed E-state index contributed by atoms with van der Waals surface area (Å²) in [6.45, 7) is 6.58. The molecule has 0 aliphatic heterocycles. The van der Waals surface area contributed by atoms with E-state index in [4.69, 9.17) is 11.5 Å². The molecular weight excluding hydrogens is 703 g/mol. The molecule has 1 saturated carbocycles. The largest absolute Gasteiger partial charge is 0.404 e. The van der Waals surface area contributed by atoms with Gasteiger partial charge in [-0.25, -0.2) is 0 Å². The summed E-state index contributed by atoms with van der Waals surface area (Å²) in [6.07, 6.45) is 29.4. The number of fused-ring (bicyclic) bond motifs is 2. The molecule has 58 heavy (non-hydrogen) atoms. The smallest absolute Gasteiger partial charge is 0.0471 e. The fourth-order valence-corrected chi connectivity index (χ4v) is 8.57. The first-order valence-corrected chi connectivity index (χ1v) is 21.0. The average Bonchev–Trinajstić information content (AvgIpc) is 3.76. The Morgan fingerprint density at radius 3 is 2.10 bits per heavy atom. The number of benzene rings is 5.